The van der Waals surface area contributed by atoms with E-state index in [1.54, 1.807) is 0 Å². The first-order chi connectivity index (χ1) is 7.81. The molecule has 3 nitrogen and oxygen atoms in total. The van der Waals surface area contributed by atoms with Gasteiger partial charge in [0.25, 0.3) is 0 Å². The summed E-state index contributed by atoms with van der Waals surface area (Å²) in [6.45, 7) is 0. The molecule has 1 aromatic heterocycles. The molecule has 1 N–H and O–H groups in total. The molecule has 0 aliphatic rings. The summed E-state index contributed by atoms with van der Waals surface area (Å²) in [7, 11) is 1.93. The molecule has 1 atom stereocenters. The van der Waals surface area contributed by atoms with Crippen molar-refractivity contribution in [1.82, 2.24) is 15.3 Å². The monoisotopic (exact) mass is 277 g/mol. The average molecular weight is 278 g/mol. The Balaban J connectivity index is 2.33. The van der Waals surface area contributed by atoms with E-state index in [1.165, 1.54) is 11.9 Å². The fourth-order valence-electron chi connectivity index (χ4n) is 1.64. The smallest absolute Gasteiger partial charge is 0.115 e. The Morgan fingerprint density at radius 2 is 1.69 bits per heavy atom. The van der Waals surface area contributed by atoms with E-state index < -0.39 is 0 Å². The second-order valence-corrected chi connectivity index (χ2v) is 4.36. The summed E-state index contributed by atoms with van der Waals surface area (Å²) in [6.07, 6.45) is 5.20. The van der Waals surface area contributed by atoms with Gasteiger partial charge in [0.2, 0.25) is 0 Å². The lowest BCUT2D eigenvalue weighted by Gasteiger charge is -2.16. The first-order valence-electron chi connectivity index (χ1n) is 4.99. The van der Waals surface area contributed by atoms with Crippen LogP contribution in [0.2, 0.25) is 0 Å². The normalized spacial score (nSPS) is 12.4. The highest BCUT2D eigenvalue weighted by molar-refractivity contribution is 9.10. The molecule has 16 heavy (non-hydrogen) atoms. The van der Waals surface area contributed by atoms with Gasteiger partial charge in [0.15, 0.2) is 0 Å². The lowest BCUT2D eigenvalue weighted by molar-refractivity contribution is 0.684. The molecule has 0 saturated carbocycles. The van der Waals surface area contributed by atoms with Gasteiger partial charge in [0.1, 0.15) is 6.33 Å². The molecule has 4 heteroatoms. The second kappa shape index (κ2) is 5.18. The molecule has 0 radical (unpaired) electrons. The van der Waals surface area contributed by atoms with E-state index in [4.69, 9.17) is 0 Å². The Labute approximate surface area is 103 Å². The minimum absolute atomic E-state index is 0.134. The van der Waals surface area contributed by atoms with Gasteiger partial charge in [-0.05, 0) is 24.7 Å². The van der Waals surface area contributed by atoms with Gasteiger partial charge >= 0.3 is 0 Å². The summed E-state index contributed by atoms with van der Waals surface area (Å²) < 4.78 is 1.08. The van der Waals surface area contributed by atoms with E-state index in [9.17, 15) is 0 Å². The Morgan fingerprint density at radius 3 is 2.25 bits per heavy atom. The Bertz CT molecular complexity index is 442. The van der Waals surface area contributed by atoms with Crippen LogP contribution in [0.15, 0.2) is 47.5 Å². The molecule has 0 fully saturated rings. The summed E-state index contributed by atoms with van der Waals surface area (Å²) in [5.74, 6) is 0. The highest BCUT2D eigenvalue weighted by atomic mass is 79.9. The van der Waals surface area contributed by atoms with Crippen molar-refractivity contribution in [3.63, 3.8) is 0 Å². The number of hydrogen-bond acceptors (Lipinski definition) is 3. The van der Waals surface area contributed by atoms with Crippen LogP contribution >= 0.6 is 15.9 Å². The fraction of sp³-hybridized carbons (Fsp3) is 0.167. The van der Waals surface area contributed by atoms with Crippen LogP contribution in [0.4, 0.5) is 0 Å². The molecule has 0 aliphatic carbocycles. The molecule has 2 aromatic rings. The van der Waals surface area contributed by atoms with Crippen molar-refractivity contribution < 1.29 is 0 Å². The fourth-order valence-corrected chi connectivity index (χ4v) is 1.91. The largest absolute Gasteiger partial charge is 0.309 e. The molecule has 0 amide bonds. The summed E-state index contributed by atoms with van der Waals surface area (Å²) in [5.41, 5.74) is 2.26. The Morgan fingerprint density at radius 1 is 1.06 bits per heavy atom. The third-order valence-corrected chi connectivity index (χ3v) is 2.93. The van der Waals surface area contributed by atoms with E-state index >= 15 is 0 Å². The van der Waals surface area contributed by atoms with Crippen LogP contribution in [-0.2, 0) is 0 Å². The van der Waals surface area contributed by atoms with E-state index in [-0.39, 0.29) is 6.04 Å². The van der Waals surface area contributed by atoms with Crippen LogP contribution in [0.25, 0.3) is 0 Å². The van der Waals surface area contributed by atoms with Crippen molar-refractivity contribution in [3.8, 4) is 0 Å². The van der Waals surface area contributed by atoms with Crippen molar-refractivity contribution in [2.45, 2.75) is 6.04 Å². The van der Waals surface area contributed by atoms with Gasteiger partial charge in [-0.15, -0.1) is 0 Å². The van der Waals surface area contributed by atoms with Crippen molar-refractivity contribution in [2.75, 3.05) is 7.05 Å². The summed E-state index contributed by atoms with van der Waals surface area (Å²) in [5, 5.41) is 3.26. The van der Waals surface area contributed by atoms with E-state index in [0.29, 0.717) is 0 Å². The van der Waals surface area contributed by atoms with Gasteiger partial charge in [0, 0.05) is 22.4 Å². The van der Waals surface area contributed by atoms with Gasteiger partial charge in [-0.25, -0.2) is 9.97 Å². The molecule has 0 saturated heterocycles. The summed E-state index contributed by atoms with van der Waals surface area (Å²) >= 11 is 3.43. The van der Waals surface area contributed by atoms with Crippen molar-refractivity contribution >= 4 is 15.9 Å². The third kappa shape index (κ3) is 2.46. The number of nitrogens with one attached hydrogen (secondary N) is 1. The molecular weight excluding hydrogens is 266 g/mol. The number of rotatable bonds is 3. The maximum Gasteiger partial charge on any atom is 0.115 e. The molecule has 0 aliphatic heterocycles. The number of halogens is 1. The number of benzene rings is 1. The zero-order chi connectivity index (χ0) is 11.4. The van der Waals surface area contributed by atoms with Crippen LogP contribution in [-0.4, -0.2) is 17.0 Å². The van der Waals surface area contributed by atoms with Crippen molar-refractivity contribution in [2.24, 2.45) is 0 Å². The maximum atomic E-state index is 4.04. The Hall–Kier alpha value is -1.26. The highest BCUT2D eigenvalue weighted by Crippen LogP contribution is 2.21. The molecule has 82 valence electrons. The topological polar surface area (TPSA) is 37.8 Å². The van der Waals surface area contributed by atoms with Gasteiger partial charge in [-0.3, -0.25) is 0 Å². The van der Waals surface area contributed by atoms with E-state index in [1.807, 2.05) is 31.6 Å². The quantitative estimate of drug-likeness (QED) is 0.937. The van der Waals surface area contributed by atoms with Gasteiger partial charge in [-0.2, -0.15) is 0 Å². The lowest BCUT2D eigenvalue weighted by Crippen LogP contribution is -2.17. The molecule has 2 rings (SSSR count). The number of aromatic nitrogens is 2. The lowest BCUT2D eigenvalue weighted by atomic mass is 10.0. The summed E-state index contributed by atoms with van der Waals surface area (Å²) in [6, 6.07) is 8.36. The van der Waals surface area contributed by atoms with Gasteiger partial charge < -0.3 is 5.32 Å². The van der Waals surface area contributed by atoms with E-state index in [2.05, 4.69) is 43.3 Å². The van der Waals surface area contributed by atoms with Crippen molar-refractivity contribution in [1.29, 1.82) is 0 Å². The molecule has 0 bridgehead atoms. The number of hydrogen-bond donors (Lipinski definition) is 1. The van der Waals surface area contributed by atoms with Gasteiger partial charge in [0.05, 0.1) is 6.04 Å². The standard InChI is InChI=1S/C12H12BrN3/c1-14-12(10-6-15-8-16-7-10)9-2-4-11(13)5-3-9/h2-8,12,14H,1H3. The maximum absolute atomic E-state index is 4.04. The first kappa shape index (κ1) is 11.2. The molecule has 1 aromatic carbocycles. The predicted octanol–water partition coefficient (Wildman–Crippen LogP) is 2.55. The van der Waals surface area contributed by atoms with E-state index in [0.717, 1.165) is 10.0 Å². The Kier molecular flexibility index (Phi) is 3.64. The average Bonchev–Trinajstić information content (AvgIpc) is 2.34. The molecular formula is C12H12BrN3. The SMILES string of the molecule is CNC(c1ccc(Br)cc1)c1cncnc1. The zero-order valence-corrected chi connectivity index (χ0v) is 10.5. The van der Waals surface area contributed by atoms with Crippen molar-refractivity contribution in [3.05, 3.63) is 58.6 Å². The van der Waals surface area contributed by atoms with Crippen LogP contribution in [0, 0.1) is 0 Å². The third-order valence-electron chi connectivity index (χ3n) is 2.41. The molecule has 1 heterocycles. The second-order valence-electron chi connectivity index (χ2n) is 3.45. The highest BCUT2D eigenvalue weighted by Gasteiger charge is 2.11. The molecule has 1 unspecified atom stereocenters. The van der Waals surface area contributed by atoms with Crippen LogP contribution in [0.5, 0.6) is 0 Å². The minimum atomic E-state index is 0.134. The van der Waals surface area contributed by atoms with Gasteiger partial charge in [-0.1, -0.05) is 28.1 Å². The van der Waals surface area contributed by atoms with Crippen LogP contribution in [0.1, 0.15) is 17.2 Å². The summed E-state index contributed by atoms with van der Waals surface area (Å²) in [4.78, 5) is 8.07. The van der Waals surface area contributed by atoms with Crippen LogP contribution in [0.3, 0.4) is 0 Å². The number of nitrogens with zero attached hydrogens (tertiary/aromatic N) is 2. The zero-order valence-electron chi connectivity index (χ0n) is 8.89. The predicted molar refractivity (Wildman–Crippen MR) is 67.1 cm³/mol. The van der Waals surface area contributed by atoms with Crippen LogP contribution < -0.4 is 5.32 Å². The minimum Gasteiger partial charge on any atom is -0.309 e. The molecule has 0 spiro atoms. The first-order valence-corrected chi connectivity index (χ1v) is 5.78.